The predicted octanol–water partition coefficient (Wildman–Crippen LogP) is 1.65. The number of nitrogens with two attached hydrogens (primary N) is 1. The average molecular weight is 258 g/mol. The number of piperazine rings is 1. The van der Waals surface area contributed by atoms with Crippen LogP contribution in [-0.2, 0) is 6.54 Å². The molecule has 1 saturated heterocycles. The van der Waals surface area contributed by atoms with E-state index in [-0.39, 0.29) is 5.96 Å². The minimum absolute atomic E-state index is 0.184. The van der Waals surface area contributed by atoms with Crippen molar-refractivity contribution < 1.29 is 0 Å². The summed E-state index contributed by atoms with van der Waals surface area (Å²) in [6.07, 6.45) is 1.89. The van der Waals surface area contributed by atoms with E-state index in [0.29, 0.717) is 0 Å². The lowest BCUT2D eigenvalue weighted by atomic mass is 10.1. The quantitative estimate of drug-likeness (QED) is 0.640. The van der Waals surface area contributed by atoms with Crippen molar-refractivity contribution in [3.05, 3.63) is 41.5 Å². The van der Waals surface area contributed by atoms with Crippen molar-refractivity contribution in [2.75, 3.05) is 26.2 Å². The van der Waals surface area contributed by atoms with Gasteiger partial charge in [-0.3, -0.25) is 10.3 Å². The highest BCUT2D eigenvalue weighted by molar-refractivity contribution is 5.74. The Morgan fingerprint density at radius 1 is 1.32 bits per heavy atom. The third-order valence-electron chi connectivity index (χ3n) is 3.51. The maximum atomic E-state index is 7.43. The SMILES string of the molecule is C=Cc1cc(C)cc(CN2CCN(C(=N)N)CC2)c1. The van der Waals surface area contributed by atoms with Crippen molar-refractivity contribution in [3.63, 3.8) is 0 Å². The number of nitrogens with one attached hydrogen (secondary N) is 1. The molecule has 3 N–H and O–H groups in total. The Morgan fingerprint density at radius 3 is 2.58 bits per heavy atom. The monoisotopic (exact) mass is 258 g/mol. The van der Waals surface area contributed by atoms with Gasteiger partial charge in [0.1, 0.15) is 0 Å². The van der Waals surface area contributed by atoms with E-state index < -0.39 is 0 Å². The highest BCUT2D eigenvalue weighted by atomic mass is 15.3. The first kappa shape index (κ1) is 13.6. The predicted molar refractivity (Wildman–Crippen MR) is 80.0 cm³/mol. The fourth-order valence-electron chi connectivity index (χ4n) is 2.51. The van der Waals surface area contributed by atoms with E-state index in [9.17, 15) is 0 Å². The van der Waals surface area contributed by atoms with Gasteiger partial charge in [0.05, 0.1) is 0 Å². The molecule has 0 spiro atoms. The van der Waals surface area contributed by atoms with E-state index in [0.717, 1.165) is 32.7 Å². The highest BCUT2D eigenvalue weighted by Crippen LogP contribution is 2.14. The van der Waals surface area contributed by atoms with Crippen LogP contribution in [0.1, 0.15) is 16.7 Å². The average Bonchev–Trinajstić information content (AvgIpc) is 2.38. The Kier molecular flexibility index (Phi) is 4.22. The molecule has 1 aromatic rings. The van der Waals surface area contributed by atoms with Crippen molar-refractivity contribution in [1.82, 2.24) is 9.80 Å². The largest absolute Gasteiger partial charge is 0.370 e. The van der Waals surface area contributed by atoms with Crippen LogP contribution in [0, 0.1) is 12.3 Å². The lowest BCUT2D eigenvalue weighted by Gasteiger charge is -2.34. The second-order valence-corrected chi connectivity index (χ2v) is 5.10. The standard InChI is InChI=1S/C15H22N4/c1-3-13-8-12(2)9-14(10-13)11-18-4-6-19(7-5-18)15(16)17/h3,8-10H,1,4-7,11H2,2H3,(H3,16,17). The summed E-state index contributed by atoms with van der Waals surface area (Å²) in [6, 6.07) is 6.56. The van der Waals surface area contributed by atoms with Gasteiger partial charge in [0.15, 0.2) is 5.96 Å². The summed E-state index contributed by atoms with van der Waals surface area (Å²) in [7, 11) is 0. The van der Waals surface area contributed by atoms with Crippen LogP contribution < -0.4 is 5.73 Å². The molecule has 19 heavy (non-hydrogen) atoms. The Bertz CT molecular complexity index is 473. The van der Waals surface area contributed by atoms with Gasteiger partial charge in [-0.15, -0.1) is 0 Å². The molecule has 0 saturated carbocycles. The number of nitrogens with zero attached hydrogens (tertiary/aromatic N) is 2. The fraction of sp³-hybridized carbons (Fsp3) is 0.400. The van der Waals surface area contributed by atoms with E-state index in [1.807, 2.05) is 11.0 Å². The van der Waals surface area contributed by atoms with Crippen molar-refractivity contribution >= 4 is 12.0 Å². The van der Waals surface area contributed by atoms with Crippen LogP contribution in [0.15, 0.2) is 24.8 Å². The molecule has 1 fully saturated rings. The fourth-order valence-corrected chi connectivity index (χ4v) is 2.51. The Hall–Kier alpha value is -1.81. The molecule has 0 bridgehead atoms. The Morgan fingerprint density at radius 2 is 2.00 bits per heavy atom. The summed E-state index contributed by atoms with van der Waals surface area (Å²) >= 11 is 0. The number of benzene rings is 1. The molecule has 2 rings (SSSR count). The first-order valence-electron chi connectivity index (χ1n) is 6.63. The molecule has 4 nitrogen and oxygen atoms in total. The van der Waals surface area contributed by atoms with Crippen LogP contribution in [0.25, 0.3) is 6.08 Å². The topological polar surface area (TPSA) is 56.4 Å². The van der Waals surface area contributed by atoms with Crippen molar-refractivity contribution in [2.24, 2.45) is 5.73 Å². The van der Waals surface area contributed by atoms with Gasteiger partial charge in [-0.2, -0.15) is 0 Å². The summed E-state index contributed by atoms with van der Waals surface area (Å²) in [5.41, 5.74) is 9.28. The number of guanidine groups is 1. The van der Waals surface area contributed by atoms with Crippen molar-refractivity contribution in [3.8, 4) is 0 Å². The second kappa shape index (κ2) is 5.89. The van der Waals surface area contributed by atoms with E-state index in [1.54, 1.807) is 0 Å². The number of hydrogen-bond acceptors (Lipinski definition) is 2. The Labute approximate surface area is 115 Å². The zero-order valence-electron chi connectivity index (χ0n) is 11.5. The number of hydrogen-bond donors (Lipinski definition) is 2. The maximum Gasteiger partial charge on any atom is 0.188 e. The van der Waals surface area contributed by atoms with Crippen molar-refractivity contribution in [2.45, 2.75) is 13.5 Å². The third kappa shape index (κ3) is 3.58. The molecule has 0 atom stereocenters. The summed E-state index contributed by atoms with van der Waals surface area (Å²) in [5, 5.41) is 7.43. The molecule has 0 unspecified atom stereocenters. The smallest absolute Gasteiger partial charge is 0.188 e. The van der Waals surface area contributed by atoms with Gasteiger partial charge in [0.25, 0.3) is 0 Å². The van der Waals surface area contributed by atoms with Gasteiger partial charge in [0.2, 0.25) is 0 Å². The van der Waals surface area contributed by atoms with Gasteiger partial charge < -0.3 is 10.6 Å². The van der Waals surface area contributed by atoms with Gasteiger partial charge in [-0.05, 0) is 18.1 Å². The number of aryl methyl sites for hydroxylation is 1. The first-order chi connectivity index (χ1) is 9.08. The molecule has 0 aromatic heterocycles. The van der Waals surface area contributed by atoms with E-state index in [1.165, 1.54) is 16.7 Å². The van der Waals surface area contributed by atoms with Crippen LogP contribution >= 0.6 is 0 Å². The zero-order chi connectivity index (χ0) is 13.8. The molecule has 102 valence electrons. The van der Waals surface area contributed by atoms with Crippen LogP contribution in [0.5, 0.6) is 0 Å². The molecule has 0 aliphatic carbocycles. The van der Waals surface area contributed by atoms with Crippen LogP contribution in [0.3, 0.4) is 0 Å². The minimum Gasteiger partial charge on any atom is -0.370 e. The van der Waals surface area contributed by atoms with E-state index in [2.05, 4.69) is 36.6 Å². The Balaban J connectivity index is 1.97. The molecule has 1 aromatic carbocycles. The molecular formula is C15H22N4. The van der Waals surface area contributed by atoms with Crippen LogP contribution in [-0.4, -0.2) is 41.9 Å². The van der Waals surface area contributed by atoms with Gasteiger partial charge in [0, 0.05) is 32.7 Å². The van der Waals surface area contributed by atoms with E-state index >= 15 is 0 Å². The molecular weight excluding hydrogens is 236 g/mol. The summed E-state index contributed by atoms with van der Waals surface area (Å²) in [5.74, 6) is 0.184. The first-order valence-corrected chi connectivity index (χ1v) is 6.63. The second-order valence-electron chi connectivity index (χ2n) is 5.10. The summed E-state index contributed by atoms with van der Waals surface area (Å²) in [4.78, 5) is 4.32. The summed E-state index contributed by atoms with van der Waals surface area (Å²) < 4.78 is 0. The summed E-state index contributed by atoms with van der Waals surface area (Å²) in [6.45, 7) is 10.5. The zero-order valence-corrected chi connectivity index (χ0v) is 11.5. The molecule has 4 heteroatoms. The third-order valence-corrected chi connectivity index (χ3v) is 3.51. The highest BCUT2D eigenvalue weighted by Gasteiger charge is 2.17. The van der Waals surface area contributed by atoms with Crippen molar-refractivity contribution in [1.29, 1.82) is 5.41 Å². The van der Waals surface area contributed by atoms with Crippen LogP contribution in [0.4, 0.5) is 0 Å². The molecule has 1 heterocycles. The van der Waals surface area contributed by atoms with E-state index in [4.69, 9.17) is 11.1 Å². The van der Waals surface area contributed by atoms with Gasteiger partial charge in [-0.1, -0.05) is 36.4 Å². The molecule has 0 radical (unpaired) electrons. The van der Waals surface area contributed by atoms with Crippen LogP contribution in [0.2, 0.25) is 0 Å². The molecule has 1 aliphatic heterocycles. The normalized spacial score (nSPS) is 16.4. The number of rotatable bonds is 3. The molecule has 0 amide bonds. The van der Waals surface area contributed by atoms with Gasteiger partial charge >= 0.3 is 0 Å². The molecule has 1 aliphatic rings. The van der Waals surface area contributed by atoms with Gasteiger partial charge in [-0.25, -0.2) is 0 Å². The minimum atomic E-state index is 0.184. The lowest BCUT2D eigenvalue weighted by molar-refractivity contribution is 0.174. The lowest BCUT2D eigenvalue weighted by Crippen LogP contribution is -2.50. The maximum absolute atomic E-state index is 7.43.